The van der Waals surface area contributed by atoms with Crippen LogP contribution in [0.4, 0.5) is 4.79 Å². The summed E-state index contributed by atoms with van der Waals surface area (Å²) in [5.74, 6) is 0.978. The normalized spacial score (nSPS) is 19.9. The molecule has 1 aromatic carbocycles. The number of amides is 3. The van der Waals surface area contributed by atoms with Crippen molar-refractivity contribution < 1.29 is 28.6 Å². The second-order valence-electron chi connectivity index (χ2n) is 7.46. The number of fused-ring (bicyclic) bond motifs is 1. The molecule has 0 radical (unpaired) electrons. The van der Waals surface area contributed by atoms with Crippen molar-refractivity contribution in [3.63, 3.8) is 0 Å². The van der Waals surface area contributed by atoms with Gasteiger partial charge in [-0.15, -0.1) is 0 Å². The highest BCUT2D eigenvalue weighted by Gasteiger charge is 2.62. The quantitative estimate of drug-likeness (QED) is 0.466. The lowest BCUT2D eigenvalue weighted by atomic mass is 9.72. The van der Waals surface area contributed by atoms with E-state index in [-0.39, 0.29) is 25.3 Å². The van der Waals surface area contributed by atoms with E-state index < -0.39 is 22.9 Å². The second-order valence-corrected chi connectivity index (χ2v) is 7.88. The molecule has 2 heterocycles. The number of β-lactam (4-membered cyclic amide) rings is 1. The number of rotatable bonds is 9. The third-order valence-corrected chi connectivity index (χ3v) is 5.97. The molecular formula is C21H27ClN2O6. The van der Waals surface area contributed by atoms with E-state index in [1.54, 1.807) is 6.07 Å². The first kappa shape index (κ1) is 22.4. The van der Waals surface area contributed by atoms with Crippen molar-refractivity contribution in [2.24, 2.45) is 5.41 Å². The Bertz CT molecular complexity index is 826. The first-order valence-corrected chi connectivity index (χ1v) is 10.6. The van der Waals surface area contributed by atoms with Crippen molar-refractivity contribution in [2.75, 3.05) is 13.4 Å². The minimum absolute atomic E-state index is 0.167. The average molecular weight is 439 g/mol. The zero-order valence-corrected chi connectivity index (χ0v) is 18.2. The minimum Gasteiger partial charge on any atom is -0.454 e. The molecule has 2 atom stereocenters. The smallest absolute Gasteiger partial charge is 0.326 e. The molecule has 1 fully saturated rings. The average Bonchev–Trinajstić information content (AvgIpc) is 3.19. The highest BCUT2D eigenvalue weighted by molar-refractivity contribution is 6.63. The van der Waals surface area contributed by atoms with Crippen molar-refractivity contribution in [3.05, 3.63) is 23.8 Å². The SMILES string of the molecule is CCCC(NC(=O)N1C(=O)C(CC)(CC)C1OCC(=O)Cl)c1ccc2c(c1)OCO2. The van der Waals surface area contributed by atoms with Gasteiger partial charge in [0.25, 0.3) is 0 Å². The van der Waals surface area contributed by atoms with Gasteiger partial charge in [0.05, 0.1) is 11.5 Å². The molecular weight excluding hydrogens is 412 g/mol. The number of carbonyl (C=O) groups excluding carboxylic acids is 3. The largest absolute Gasteiger partial charge is 0.454 e. The van der Waals surface area contributed by atoms with Crippen LogP contribution in [0.1, 0.15) is 58.1 Å². The van der Waals surface area contributed by atoms with Crippen LogP contribution in [-0.2, 0) is 14.3 Å². The molecule has 30 heavy (non-hydrogen) atoms. The van der Waals surface area contributed by atoms with Crippen LogP contribution in [0.5, 0.6) is 11.5 Å². The van der Waals surface area contributed by atoms with Crippen LogP contribution in [0.3, 0.4) is 0 Å². The molecule has 1 N–H and O–H groups in total. The predicted molar refractivity (Wildman–Crippen MR) is 109 cm³/mol. The molecule has 2 unspecified atom stereocenters. The summed E-state index contributed by atoms with van der Waals surface area (Å²) in [5.41, 5.74) is 0.0240. The van der Waals surface area contributed by atoms with Crippen LogP contribution in [0.15, 0.2) is 18.2 Å². The number of nitrogens with one attached hydrogen (secondary N) is 1. The van der Waals surface area contributed by atoms with E-state index >= 15 is 0 Å². The highest BCUT2D eigenvalue weighted by Crippen LogP contribution is 2.46. The molecule has 1 aromatic rings. The Labute approximate surface area is 180 Å². The summed E-state index contributed by atoms with van der Waals surface area (Å²) in [6, 6.07) is 4.63. The first-order valence-electron chi connectivity index (χ1n) is 10.2. The van der Waals surface area contributed by atoms with Gasteiger partial charge < -0.3 is 19.5 Å². The fourth-order valence-corrected chi connectivity index (χ4v) is 4.13. The lowest BCUT2D eigenvalue weighted by Gasteiger charge is -2.53. The molecule has 3 amide bonds. The lowest BCUT2D eigenvalue weighted by Crippen LogP contribution is -2.72. The van der Waals surface area contributed by atoms with Gasteiger partial charge in [-0.3, -0.25) is 9.59 Å². The molecule has 0 bridgehead atoms. The van der Waals surface area contributed by atoms with Crippen molar-refractivity contribution in [1.82, 2.24) is 10.2 Å². The molecule has 1 saturated heterocycles. The lowest BCUT2D eigenvalue weighted by molar-refractivity contribution is -0.209. The van der Waals surface area contributed by atoms with Gasteiger partial charge in [0.1, 0.15) is 6.61 Å². The van der Waals surface area contributed by atoms with Crippen molar-refractivity contribution >= 4 is 28.8 Å². The Kier molecular flexibility index (Phi) is 6.88. The van der Waals surface area contributed by atoms with E-state index in [2.05, 4.69) is 5.32 Å². The molecule has 2 aliphatic rings. The van der Waals surface area contributed by atoms with Gasteiger partial charge in [0.2, 0.25) is 17.9 Å². The Morgan fingerprint density at radius 1 is 1.27 bits per heavy atom. The highest BCUT2D eigenvalue weighted by atomic mass is 35.5. The van der Waals surface area contributed by atoms with Gasteiger partial charge in [-0.1, -0.05) is 33.3 Å². The van der Waals surface area contributed by atoms with Crippen LogP contribution < -0.4 is 14.8 Å². The number of likely N-dealkylation sites (tertiary alicyclic amines) is 1. The number of hydrogen-bond acceptors (Lipinski definition) is 6. The predicted octanol–water partition coefficient (Wildman–Crippen LogP) is 3.72. The maximum Gasteiger partial charge on any atom is 0.326 e. The van der Waals surface area contributed by atoms with Crippen molar-refractivity contribution in [1.29, 1.82) is 0 Å². The molecule has 9 heteroatoms. The Hall–Kier alpha value is -2.32. The van der Waals surface area contributed by atoms with Crippen LogP contribution in [-0.4, -0.2) is 41.7 Å². The Balaban J connectivity index is 1.78. The molecule has 0 aliphatic carbocycles. The minimum atomic E-state index is -0.832. The maximum absolute atomic E-state index is 13.0. The summed E-state index contributed by atoms with van der Waals surface area (Å²) in [6.07, 6.45) is 1.65. The molecule has 0 aromatic heterocycles. The van der Waals surface area contributed by atoms with Gasteiger partial charge in [0, 0.05) is 0 Å². The summed E-state index contributed by atoms with van der Waals surface area (Å²) < 4.78 is 16.4. The summed E-state index contributed by atoms with van der Waals surface area (Å²) in [6.45, 7) is 5.54. The monoisotopic (exact) mass is 438 g/mol. The van der Waals surface area contributed by atoms with E-state index in [0.29, 0.717) is 30.8 Å². The third kappa shape index (κ3) is 3.98. The summed E-state index contributed by atoms with van der Waals surface area (Å²) in [4.78, 5) is 38.2. The fraction of sp³-hybridized carbons (Fsp3) is 0.571. The van der Waals surface area contributed by atoms with Gasteiger partial charge in [-0.05, 0) is 48.6 Å². The first-order chi connectivity index (χ1) is 14.4. The fourth-order valence-electron chi connectivity index (χ4n) is 4.07. The zero-order valence-electron chi connectivity index (χ0n) is 17.4. The van der Waals surface area contributed by atoms with E-state index in [4.69, 9.17) is 25.8 Å². The van der Waals surface area contributed by atoms with Crippen molar-refractivity contribution in [2.45, 2.75) is 58.7 Å². The number of imide groups is 1. The van der Waals surface area contributed by atoms with Gasteiger partial charge >= 0.3 is 6.03 Å². The van der Waals surface area contributed by atoms with Crippen LogP contribution in [0.25, 0.3) is 0 Å². The molecule has 2 aliphatic heterocycles. The van der Waals surface area contributed by atoms with Gasteiger partial charge in [0.15, 0.2) is 17.7 Å². The maximum atomic E-state index is 13.0. The number of hydrogen-bond donors (Lipinski definition) is 1. The summed E-state index contributed by atoms with van der Waals surface area (Å²) in [7, 11) is 0. The second kappa shape index (κ2) is 9.22. The van der Waals surface area contributed by atoms with E-state index in [0.717, 1.165) is 16.9 Å². The Morgan fingerprint density at radius 3 is 2.60 bits per heavy atom. The molecule has 164 valence electrons. The summed E-state index contributed by atoms with van der Waals surface area (Å²) in [5, 5.41) is 2.25. The topological polar surface area (TPSA) is 94.2 Å². The van der Waals surface area contributed by atoms with Crippen LogP contribution in [0.2, 0.25) is 0 Å². The van der Waals surface area contributed by atoms with Crippen LogP contribution >= 0.6 is 11.6 Å². The van der Waals surface area contributed by atoms with Gasteiger partial charge in [-0.25, -0.2) is 9.69 Å². The standard InChI is InChI=1S/C21H27ClN2O6/c1-4-7-14(13-8-9-15-16(10-13)30-12-29-15)23-20(27)24-18(26)21(5-2,6-3)19(24)28-11-17(22)25/h8-10,14,19H,4-7,11-12H2,1-3H3,(H,23,27). The molecule has 0 spiro atoms. The van der Waals surface area contributed by atoms with E-state index in [9.17, 15) is 14.4 Å². The number of halogens is 1. The molecule has 8 nitrogen and oxygen atoms in total. The van der Waals surface area contributed by atoms with Crippen LogP contribution in [0, 0.1) is 5.41 Å². The molecule has 0 saturated carbocycles. The van der Waals surface area contributed by atoms with E-state index in [1.807, 2.05) is 32.9 Å². The van der Waals surface area contributed by atoms with E-state index in [1.165, 1.54) is 0 Å². The number of carbonyl (C=O) groups is 3. The summed E-state index contributed by atoms with van der Waals surface area (Å²) >= 11 is 5.41. The number of urea groups is 1. The van der Waals surface area contributed by atoms with Crippen molar-refractivity contribution in [3.8, 4) is 11.5 Å². The Morgan fingerprint density at radius 2 is 1.97 bits per heavy atom. The third-order valence-electron chi connectivity index (χ3n) is 5.86. The zero-order chi connectivity index (χ0) is 21.9. The number of benzene rings is 1. The number of ether oxygens (including phenoxy) is 3. The number of nitrogens with zero attached hydrogens (tertiary/aromatic N) is 1. The molecule has 3 rings (SSSR count). The van der Waals surface area contributed by atoms with Gasteiger partial charge in [-0.2, -0.15) is 0 Å².